The van der Waals surface area contributed by atoms with E-state index in [1.54, 1.807) is 6.07 Å². The minimum Gasteiger partial charge on any atom is -0.487 e. The number of likely N-dealkylation sites (N-methyl/N-ethyl adjacent to an activating group) is 1. The summed E-state index contributed by atoms with van der Waals surface area (Å²) in [4.78, 5) is 17.1. The molecule has 2 aliphatic rings. The molecule has 176 valence electrons. The van der Waals surface area contributed by atoms with E-state index in [0.29, 0.717) is 76.5 Å². The van der Waals surface area contributed by atoms with Crippen LogP contribution in [0.5, 0.6) is 11.5 Å². The zero-order valence-electron chi connectivity index (χ0n) is 18.7. The molecule has 2 aliphatic heterocycles. The van der Waals surface area contributed by atoms with Crippen LogP contribution in [0.15, 0.2) is 27.4 Å². The van der Waals surface area contributed by atoms with Crippen LogP contribution < -0.4 is 15.1 Å². The SMILES string of the molecule is CN1CCN(Cc2cc(=O)oc3c4c(ccc23)OCCOCCOCCOCCO4)CC1. The lowest BCUT2D eigenvalue weighted by Gasteiger charge is -2.32. The molecule has 1 aromatic carbocycles. The molecule has 0 radical (unpaired) electrons. The van der Waals surface area contributed by atoms with Crippen molar-refractivity contribution in [2.24, 2.45) is 0 Å². The zero-order chi connectivity index (χ0) is 22.2. The van der Waals surface area contributed by atoms with Crippen molar-refractivity contribution in [3.8, 4) is 11.5 Å². The van der Waals surface area contributed by atoms with Crippen molar-refractivity contribution >= 4 is 11.0 Å². The van der Waals surface area contributed by atoms with Gasteiger partial charge in [-0.15, -0.1) is 0 Å². The Morgan fingerprint density at radius 2 is 1.44 bits per heavy atom. The number of hydrogen-bond acceptors (Lipinski definition) is 9. The van der Waals surface area contributed by atoms with Gasteiger partial charge in [-0.25, -0.2) is 4.79 Å². The lowest BCUT2D eigenvalue weighted by molar-refractivity contribution is 0.00709. The molecule has 32 heavy (non-hydrogen) atoms. The molecular formula is C23H32N2O7. The fourth-order valence-corrected chi connectivity index (χ4v) is 3.83. The van der Waals surface area contributed by atoms with Crippen molar-refractivity contribution in [3.63, 3.8) is 0 Å². The lowest BCUT2D eigenvalue weighted by atomic mass is 10.1. The quantitative estimate of drug-likeness (QED) is 0.633. The molecule has 1 fully saturated rings. The van der Waals surface area contributed by atoms with Crippen LogP contribution in [0.25, 0.3) is 11.0 Å². The normalized spacial score (nSPS) is 20.5. The molecule has 0 bridgehead atoms. The second-order valence-corrected chi connectivity index (χ2v) is 7.97. The average Bonchev–Trinajstić information content (AvgIpc) is 2.79. The first kappa shape index (κ1) is 23.0. The minimum absolute atomic E-state index is 0.304. The highest BCUT2D eigenvalue weighted by molar-refractivity contribution is 5.88. The number of rotatable bonds is 2. The van der Waals surface area contributed by atoms with E-state index in [9.17, 15) is 4.79 Å². The summed E-state index contributed by atoms with van der Waals surface area (Å²) in [7, 11) is 2.13. The summed E-state index contributed by atoms with van der Waals surface area (Å²) >= 11 is 0. The van der Waals surface area contributed by atoms with E-state index in [4.69, 9.17) is 28.1 Å². The van der Waals surface area contributed by atoms with Crippen molar-refractivity contribution < 1.29 is 28.1 Å². The third-order valence-corrected chi connectivity index (χ3v) is 5.61. The fourth-order valence-electron chi connectivity index (χ4n) is 3.83. The average molecular weight is 449 g/mol. The molecular weight excluding hydrogens is 416 g/mol. The summed E-state index contributed by atoms with van der Waals surface area (Å²) in [5.41, 5.74) is 0.943. The van der Waals surface area contributed by atoms with Gasteiger partial charge in [0.1, 0.15) is 13.2 Å². The zero-order valence-corrected chi connectivity index (χ0v) is 18.7. The Hall–Kier alpha value is -2.17. The van der Waals surface area contributed by atoms with Crippen LogP contribution in [0.4, 0.5) is 0 Å². The molecule has 0 atom stereocenters. The summed E-state index contributed by atoms with van der Waals surface area (Å²) in [6.45, 7) is 8.10. The maximum atomic E-state index is 12.4. The Kier molecular flexibility index (Phi) is 8.36. The van der Waals surface area contributed by atoms with Gasteiger partial charge in [0, 0.05) is 44.2 Å². The van der Waals surface area contributed by atoms with Gasteiger partial charge < -0.3 is 33.0 Å². The van der Waals surface area contributed by atoms with Crippen LogP contribution in [-0.2, 0) is 20.8 Å². The van der Waals surface area contributed by atoms with Gasteiger partial charge in [0.25, 0.3) is 0 Å². The Morgan fingerprint density at radius 1 is 0.812 bits per heavy atom. The molecule has 0 aliphatic carbocycles. The van der Waals surface area contributed by atoms with Crippen LogP contribution in [-0.4, -0.2) is 95.9 Å². The molecule has 0 spiro atoms. The van der Waals surface area contributed by atoms with Gasteiger partial charge >= 0.3 is 5.63 Å². The topological polar surface area (TPSA) is 82.8 Å². The molecule has 9 nitrogen and oxygen atoms in total. The second kappa shape index (κ2) is 11.6. The molecule has 2 aromatic rings. The van der Waals surface area contributed by atoms with Crippen molar-refractivity contribution in [1.29, 1.82) is 0 Å². The van der Waals surface area contributed by atoms with E-state index in [1.807, 2.05) is 12.1 Å². The Balaban J connectivity index is 1.60. The van der Waals surface area contributed by atoms with E-state index in [2.05, 4.69) is 16.8 Å². The number of benzene rings is 1. The van der Waals surface area contributed by atoms with Gasteiger partial charge in [-0.1, -0.05) is 0 Å². The summed E-state index contributed by atoms with van der Waals surface area (Å²) in [6, 6.07) is 5.38. The van der Waals surface area contributed by atoms with Crippen molar-refractivity contribution in [3.05, 3.63) is 34.2 Å². The highest BCUT2D eigenvalue weighted by Gasteiger charge is 2.20. The first-order valence-electron chi connectivity index (χ1n) is 11.2. The summed E-state index contributed by atoms with van der Waals surface area (Å²) in [5.74, 6) is 0.946. The van der Waals surface area contributed by atoms with E-state index in [-0.39, 0.29) is 0 Å². The monoisotopic (exact) mass is 448 g/mol. The maximum absolute atomic E-state index is 12.4. The fraction of sp³-hybridized carbons (Fsp3) is 0.609. The summed E-state index contributed by atoms with van der Waals surface area (Å²) in [5, 5.41) is 0.856. The Morgan fingerprint density at radius 3 is 2.12 bits per heavy atom. The largest absolute Gasteiger partial charge is 0.487 e. The smallest absolute Gasteiger partial charge is 0.336 e. The number of nitrogens with zero attached hydrogens (tertiary/aromatic N) is 2. The highest BCUT2D eigenvalue weighted by atomic mass is 16.6. The van der Waals surface area contributed by atoms with Crippen LogP contribution in [0.3, 0.4) is 0 Å². The predicted molar refractivity (Wildman–Crippen MR) is 119 cm³/mol. The molecule has 0 N–H and O–H groups in total. The maximum Gasteiger partial charge on any atom is 0.336 e. The van der Waals surface area contributed by atoms with Crippen LogP contribution in [0.1, 0.15) is 5.56 Å². The van der Waals surface area contributed by atoms with E-state index in [0.717, 1.165) is 37.1 Å². The van der Waals surface area contributed by atoms with Crippen LogP contribution in [0.2, 0.25) is 0 Å². The molecule has 1 saturated heterocycles. The molecule has 0 unspecified atom stereocenters. The number of piperazine rings is 1. The summed E-state index contributed by atoms with van der Waals surface area (Å²) in [6.07, 6.45) is 0. The standard InChI is InChI=1S/C23H32N2O7/c1-24-4-6-25(7-5-24)17-18-16-21(26)32-22-19(18)2-3-20-23(22)31-15-13-29-11-9-27-8-10-28-12-14-30-20/h2-3,16H,4-15,17H2,1H3. The molecule has 9 heteroatoms. The van der Waals surface area contributed by atoms with Crippen molar-refractivity contribution in [2.75, 3.05) is 86.1 Å². The minimum atomic E-state index is -0.397. The highest BCUT2D eigenvalue weighted by Crippen LogP contribution is 2.37. The third-order valence-electron chi connectivity index (χ3n) is 5.61. The van der Waals surface area contributed by atoms with E-state index in [1.165, 1.54) is 0 Å². The van der Waals surface area contributed by atoms with E-state index < -0.39 is 5.63 Å². The first-order chi connectivity index (χ1) is 15.7. The van der Waals surface area contributed by atoms with Gasteiger partial charge in [-0.2, -0.15) is 0 Å². The molecule has 3 heterocycles. The van der Waals surface area contributed by atoms with Gasteiger partial charge in [0.05, 0.1) is 39.6 Å². The lowest BCUT2D eigenvalue weighted by Crippen LogP contribution is -2.43. The van der Waals surface area contributed by atoms with Gasteiger partial charge in [0.15, 0.2) is 11.3 Å². The van der Waals surface area contributed by atoms with Crippen LogP contribution >= 0.6 is 0 Å². The Labute approximate surface area is 187 Å². The summed E-state index contributed by atoms with van der Waals surface area (Å²) < 4.78 is 34.0. The molecule has 4 rings (SSSR count). The Bertz CT molecular complexity index is 924. The number of fused-ring (bicyclic) bond motifs is 3. The molecule has 1 aromatic heterocycles. The number of ether oxygens (including phenoxy) is 5. The first-order valence-corrected chi connectivity index (χ1v) is 11.2. The third kappa shape index (κ3) is 6.20. The molecule has 0 amide bonds. The van der Waals surface area contributed by atoms with Crippen molar-refractivity contribution in [2.45, 2.75) is 6.54 Å². The van der Waals surface area contributed by atoms with Crippen LogP contribution in [0, 0.1) is 0 Å². The second-order valence-electron chi connectivity index (χ2n) is 7.97. The number of hydrogen-bond donors (Lipinski definition) is 0. The molecule has 0 saturated carbocycles. The van der Waals surface area contributed by atoms with Gasteiger partial charge in [-0.05, 0) is 24.7 Å². The van der Waals surface area contributed by atoms with E-state index >= 15 is 0 Å². The van der Waals surface area contributed by atoms with Crippen molar-refractivity contribution in [1.82, 2.24) is 9.80 Å². The predicted octanol–water partition coefficient (Wildman–Crippen LogP) is 1.36. The van der Waals surface area contributed by atoms with Gasteiger partial charge in [-0.3, -0.25) is 4.90 Å². The van der Waals surface area contributed by atoms with Gasteiger partial charge in [0.2, 0.25) is 5.75 Å².